The standard InChI is InChI=1S/C71H106ClF3N12O13/c1-10-44(2)59-67(97)81(5)42-57(90)79(3)43-58(91)82(6)53(39-45-20-14-15-21-45)65(95)80(4)41-55(88)76-51(30-28-46-27-29-49(50(72)38-46)71(73,74)75)64(94)87-33-19-26-52(87)62(92)78-70(31-16-17-32-70)69(99)85(9)61(48-22-12-11-13-23-48)68(98)83(7)54(66(96)86-34-36-100-37-35-86)40-56(89)84(8)60(63(93)77-59)47-24-18-25-47/h27,29,38,44-45,47-48,51-54,59-61H,10-26,28,30-37,39-43H2,1-9H3,(H,76,88)(H,77,93)(H,78,92)/t44-,51-,52?,53-,54-,59-,60-,61-/m0/s1. The predicted molar refractivity (Wildman–Crippen MR) is 364 cm³/mol. The number of morpholine rings is 1. The molecule has 1 aromatic carbocycles. The topological polar surface area (TPSA) is 279 Å². The van der Waals surface area contributed by atoms with Crippen LogP contribution < -0.4 is 16.0 Å². The molecule has 0 radical (unpaired) electrons. The molecule has 3 N–H and O–H groups in total. The van der Waals surface area contributed by atoms with Gasteiger partial charge in [-0.1, -0.05) is 102 Å². The summed E-state index contributed by atoms with van der Waals surface area (Å²) in [6.07, 6.45) is 5.55. The summed E-state index contributed by atoms with van der Waals surface area (Å²) in [5.41, 5.74) is -2.35. The van der Waals surface area contributed by atoms with Crippen molar-refractivity contribution >= 4 is 82.5 Å². The number of fused-ring (bicyclic) bond motifs is 1. The molecule has 556 valence electrons. The third-order valence-corrected chi connectivity index (χ3v) is 22.9. The molecule has 1 spiro atoms. The molecule has 25 nitrogen and oxygen atoms in total. The molecule has 3 heterocycles. The molecule has 0 bridgehead atoms. The number of halogens is 4. The van der Waals surface area contributed by atoms with Crippen molar-refractivity contribution in [3.05, 3.63) is 34.3 Å². The average molecular weight is 1430 g/mol. The molecule has 4 saturated carbocycles. The second-order valence-corrected chi connectivity index (χ2v) is 29.8. The summed E-state index contributed by atoms with van der Waals surface area (Å²) in [6, 6.07) is -5.51. The lowest BCUT2D eigenvalue weighted by Gasteiger charge is -2.44. The van der Waals surface area contributed by atoms with E-state index in [2.05, 4.69) is 16.0 Å². The summed E-state index contributed by atoms with van der Waals surface area (Å²) in [7, 11) is 10.0. The number of nitrogens with zero attached hydrogens (tertiary/aromatic N) is 9. The number of benzene rings is 1. The highest BCUT2D eigenvalue weighted by Crippen LogP contribution is 2.39. The van der Waals surface area contributed by atoms with Gasteiger partial charge in [-0.15, -0.1) is 0 Å². The van der Waals surface area contributed by atoms with Crippen LogP contribution in [0.4, 0.5) is 13.2 Å². The van der Waals surface area contributed by atoms with Crippen LogP contribution in [0.5, 0.6) is 0 Å². The van der Waals surface area contributed by atoms with E-state index in [1.54, 1.807) is 6.92 Å². The normalized spacial score (nSPS) is 27.6. The van der Waals surface area contributed by atoms with Crippen molar-refractivity contribution in [1.82, 2.24) is 60.0 Å². The van der Waals surface area contributed by atoms with Gasteiger partial charge in [0.15, 0.2) is 0 Å². The van der Waals surface area contributed by atoms with Gasteiger partial charge in [0.2, 0.25) is 70.9 Å². The summed E-state index contributed by atoms with van der Waals surface area (Å²) < 4.78 is 47.2. The first-order chi connectivity index (χ1) is 47.4. The van der Waals surface area contributed by atoms with Crippen LogP contribution in [-0.4, -0.2) is 265 Å². The van der Waals surface area contributed by atoms with E-state index in [4.69, 9.17) is 16.3 Å². The Morgan fingerprint density at radius 1 is 0.630 bits per heavy atom. The summed E-state index contributed by atoms with van der Waals surface area (Å²) in [5.74, 6) is -8.92. The minimum atomic E-state index is -4.76. The lowest BCUT2D eigenvalue weighted by atomic mass is 9.78. The quantitative estimate of drug-likeness (QED) is 0.289. The fourth-order valence-electron chi connectivity index (χ4n) is 15.9. The van der Waals surface area contributed by atoms with E-state index in [0.717, 1.165) is 78.2 Å². The lowest BCUT2D eigenvalue weighted by Crippen LogP contribution is -2.65. The van der Waals surface area contributed by atoms with Crippen LogP contribution in [-0.2, 0) is 74.9 Å². The van der Waals surface area contributed by atoms with E-state index in [1.807, 2.05) is 6.92 Å². The van der Waals surface area contributed by atoms with Crippen LogP contribution in [0, 0.1) is 23.7 Å². The lowest BCUT2D eigenvalue weighted by molar-refractivity contribution is -0.158. The van der Waals surface area contributed by atoms with Crippen molar-refractivity contribution in [1.29, 1.82) is 0 Å². The second kappa shape index (κ2) is 34.7. The molecule has 29 heteroatoms. The Labute approximate surface area is 590 Å². The van der Waals surface area contributed by atoms with Crippen molar-refractivity contribution in [3.8, 4) is 0 Å². The van der Waals surface area contributed by atoms with E-state index in [9.17, 15) is 41.9 Å². The molecule has 7 aliphatic rings. The zero-order valence-corrected chi connectivity index (χ0v) is 60.6. The van der Waals surface area contributed by atoms with E-state index >= 15 is 28.8 Å². The number of aryl methyl sites for hydroxylation is 1. The maximum absolute atomic E-state index is 15.8. The number of carbonyl (C=O) groups is 12. The molecule has 8 rings (SSSR count). The van der Waals surface area contributed by atoms with Crippen molar-refractivity contribution in [2.75, 3.05) is 102 Å². The van der Waals surface area contributed by atoms with Crippen molar-refractivity contribution in [3.63, 3.8) is 0 Å². The van der Waals surface area contributed by atoms with Gasteiger partial charge in [-0.05, 0) is 112 Å². The molecule has 4 aliphatic carbocycles. The van der Waals surface area contributed by atoms with Gasteiger partial charge in [0.05, 0.1) is 49.9 Å². The maximum atomic E-state index is 15.8. The summed E-state index contributed by atoms with van der Waals surface area (Å²) in [6.45, 7) is 2.70. The first-order valence-corrected chi connectivity index (χ1v) is 36.5. The highest BCUT2D eigenvalue weighted by atomic mass is 35.5. The molecule has 7 fully saturated rings. The molecule has 8 atom stereocenters. The van der Waals surface area contributed by atoms with Gasteiger partial charge >= 0.3 is 6.18 Å². The molecule has 0 aromatic heterocycles. The van der Waals surface area contributed by atoms with Gasteiger partial charge < -0.3 is 64.8 Å². The van der Waals surface area contributed by atoms with Gasteiger partial charge in [0.1, 0.15) is 47.8 Å². The van der Waals surface area contributed by atoms with E-state index in [-0.39, 0.29) is 83.2 Å². The van der Waals surface area contributed by atoms with Crippen LogP contribution in [0.1, 0.15) is 166 Å². The Hall–Kier alpha value is -7.10. The summed E-state index contributed by atoms with van der Waals surface area (Å²) in [5, 5.41) is 8.20. The van der Waals surface area contributed by atoms with Crippen LogP contribution in [0.3, 0.4) is 0 Å². The van der Waals surface area contributed by atoms with E-state index in [0.29, 0.717) is 56.9 Å². The number of likely N-dealkylation sites (N-methyl/N-ethyl adjacent to an activating group) is 7. The Morgan fingerprint density at radius 3 is 1.85 bits per heavy atom. The number of rotatable bonds is 10. The van der Waals surface area contributed by atoms with Crippen molar-refractivity contribution in [2.24, 2.45) is 23.7 Å². The van der Waals surface area contributed by atoms with E-state index < -0.39 is 173 Å². The zero-order chi connectivity index (χ0) is 73.1. The molecule has 3 aliphatic heterocycles. The fraction of sp³-hybridized carbons (Fsp3) is 0.746. The summed E-state index contributed by atoms with van der Waals surface area (Å²) >= 11 is 6.15. The minimum Gasteiger partial charge on any atom is -0.378 e. The van der Waals surface area contributed by atoms with Crippen molar-refractivity contribution < 1.29 is 75.4 Å². The fourth-order valence-corrected chi connectivity index (χ4v) is 16.2. The predicted octanol–water partition coefficient (Wildman–Crippen LogP) is 4.63. The van der Waals surface area contributed by atoms with Crippen LogP contribution >= 0.6 is 11.6 Å². The van der Waals surface area contributed by atoms with Gasteiger partial charge in [-0.3, -0.25) is 57.5 Å². The number of hydrogen-bond donors (Lipinski definition) is 3. The molecular formula is C71H106ClF3N12O13. The van der Waals surface area contributed by atoms with Crippen molar-refractivity contribution in [2.45, 2.75) is 216 Å². The van der Waals surface area contributed by atoms with Gasteiger partial charge in [-0.2, -0.15) is 13.2 Å². The number of nitrogens with one attached hydrogen (secondary N) is 3. The molecule has 3 saturated heterocycles. The molecule has 1 aromatic rings. The molecule has 1 unspecified atom stereocenters. The Balaban J connectivity index is 1.17. The summed E-state index contributed by atoms with van der Waals surface area (Å²) in [4.78, 5) is 191. The minimum absolute atomic E-state index is 0.0299. The number of carbonyl (C=O) groups excluding carboxylic acids is 12. The third-order valence-electron chi connectivity index (χ3n) is 22.6. The highest BCUT2D eigenvalue weighted by molar-refractivity contribution is 6.31. The van der Waals surface area contributed by atoms with Crippen LogP contribution in [0.15, 0.2) is 18.2 Å². The maximum Gasteiger partial charge on any atom is 0.417 e. The van der Waals surface area contributed by atoms with E-state index in [1.165, 1.54) is 84.8 Å². The van der Waals surface area contributed by atoms with Crippen LogP contribution in [0.25, 0.3) is 0 Å². The second-order valence-electron chi connectivity index (χ2n) is 29.4. The highest BCUT2D eigenvalue weighted by Gasteiger charge is 2.52. The zero-order valence-electron chi connectivity index (χ0n) is 59.8. The van der Waals surface area contributed by atoms with Gasteiger partial charge in [0, 0.05) is 69.0 Å². The van der Waals surface area contributed by atoms with Crippen LogP contribution in [0.2, 0.25) is 5.02 Å². The third kappa shape index (κ3) is 18.8. The first-order valence-electron chi connectivity index (χ1n) is 36.1. The largest absolute Gasteiger partial charge is 0.417 e. The Kier molecular flexibility index (Phi) is 27.3. The Morgan fingerprint density at radius 2 is 1.24 bits per heavy atom. The number of hydrogen-bond acceptors (Lipinski definition) is 13. The SMILES string of the molecule is CC[C@H](C)[C@@H]1NC(=O)[C@H](C2CCC2)N(C)C(=O)C[C@@H](C(=O)N2CCOCC2)N(C)C(=O)[C@H](C2CCCCC2)N(C)C(=O)C2(CCCC2)NC(=O)C2CCCN2C(=O)[C@H](CCc2ccc(C(F)(F)F)c(Cl)c2)NC(=O)CN(C)C(=O)[C@H](CC2CCCC2)N(C)C(=O)CN(C)C(=O)CN(C)C1=O. The van der Waals surface area contributed by atoms with Gasteiger partial charge in [-0.25, -0.2) is 0 Å². The molecular weight excluding hydrogens is 1320 g/mol. The molecule has 100 heavy (non-hydrogen) atoms. The average Bonchev–Trinajstić information content (AvgIpc) is 1.46. The smallest absolute Gasteiger partial charge is 0.378 e. The monoisotopic (exact) mass is 1430 g/mol. The van der Waals surface area contributed by atoms with Gasteiger partial charge in [0.25, 0.3) is 0 Å². The Bertz CT molecular complexity index is 3150. The molecule has 12 amide bonds. The number of alkyl halides is 3. The number of amides is 12. The number of ether oxygens (including phenoxy) is 1. The first kappa shape index (κ1) is 78.6.